The molecule has 2 aliphatic rings. The van der Waals surface area contributed by atoms with E-state index in [0.717, 1.165) is 56.3 Å². The maximum absolute atomic E-state index is 12.4. The number of carbonyl (C=O) groups is 1. The van der Waals surface area contributed by atoms with Gasteiger partial charge in [-0.15, -0.1) is 0 Å². The summed E-state index contributed by atoms with van der Waals surface area (Å²) in [5, 5.41) is 3.82. The minimum absolute atomic E-state index is 0.0942. The first kappa shape index (κ1) is 17.5. The third kappa shape index (κ3) is 4.21. The van der Waals surface area contributed by atoms with Crippen LogP contribution in [0.25, 0.3) is 0 Å². The molecule has 2 saturated heterocycles. The Morgan fingerprint density at radius 3 is 2.75 bits per heavy atom. The zero-order valence-electron chi connectivity index (χ0n) is 14.2. The second-order valence-corrected chi connectivity index (χ2v) is 6.94. The van der Waals surface area contributed by atoms with E-state index >= 15 is 0 Å². The van der Waals surface area contributed by atoms with Crippen LogP contribution >= 0.6 is 11.6 Å². The number of halogens is 1. The molecule has 2 unspecified atom stereocenters. The Hall–Kier alpha value is -1.30. The molecule has 1 aromatic rings. The van der Waals surface area contributed by atoms with Gasteiger partial charge in [0.15, 0.2) is 0 Å². The summed E-state index contributed by atoms with van der Waals surface area (Å²) in [5.41, 5.74) is 1.08. The molecule has 2 atom stereocenters. The van der Waals surface area contributed by atoms with Gasteiger partial charge in [0, 0.05) is 39.3 Å². The molecular weight excluding hydrogens is 326 g/mol. The van der Waals surface area contributed by atoms with Crippen molar-refractivity contribution in [2.45, 2.75) is 31.9 Å². The second kappa shape index (κ2) is 8.19. The Kier molecular flexibility index (Phi) is 5.98. The lowest BCUT2D eigenvalue weighted by molar-refractivity contribution is -0.126. The average molecular weight is 352 g/mol. The number of nitrogens with zero attached hydrogens (tertiary/aromatic N) is 2. The van der Waals surface area contributed by atoms with Gasteiger partial charge < -0.3 is 15.0 Å². The van der Waals surface area contributed by atoms with E-state index in [2.05, 4.69) is 21.2 Å². The van der Waals surface area contributed by atoms with E-state index in [1.807, 2.05) is 25.1 Å². The molecule has 0 aromatic heterocycles. The number of nitrogens with one attached hydrogen (secondary N) is 1. The molecule has 1 amide bonds. The van der Waals surface area contributed by atoms with E-state index in [9.17, 15) is 4.79 Å². The van der Waals surface area contributed by atoms with Gasteiger partial charge in [-0.25, -0.2) is 0 Å². The molecule has 2 aliphatic heterocycles. The van der Waals surface area contributed by atoms with Crippen molar-refractivity contribution in [3.8, 4) is 0 Å². The summed E-state index contributed by atoms with van der Waals surface area (Å²) in [4.78, 5) is 16.9. The maximum Gasteiger partial charge on any atom is 0.237 e. The van der Waals surface area contributed by atoms with Gasteiger partial charge in [0.25, 0.3) is 0 Å². The molecule has 0 bridgehead atoms. The summed E-state index contributed by atoms with van der Waals surface area (Å²) in [6.45, 7) is 6.92. The van der Waals surface area contributed by atoms with Crippen LogP contribution in [0.1, 0.15) is 19.8 Å². The minimum Gasteiger partial charge on any atom is -0.376 e. The Bertz CT molecular complexity index is 555. The number of para-hydroxylation sites is 1. The van der Waals surface area contributed by atoms with Crippen molar-refractivity contribution in [1.29, 1.82) is 0 Å². The highest BCUT2D eigenvalue weighted by Crippen LogP contribution is 2.26. The van der Waals surface area contributed by atoms with Gasteiger partial charge in [0.1, 0.15) is 0 Å². The van der Waals surface area contributed by atoms with Gasteiger partial charge in [-0.3, -0.25) is 9.69 Å². The molecule has 0 radical (unpaired) electrons. The maximum atomic E-state index is 12.4. The van der Waals surface area contributed by atoms with Crippen LogP contribution in [0.2, 0.25) is 5.02 Å². The molecule has 3 rings (SSSR count). The second-order valence-electron chi connectivity index (χ2n) is 6.53. The van der Waals surface area contributed by atoms with E-state index < -0.39 is 0 Å². The largest absolute Gasteiger partial charge is 0.376 e. The predicted octanol–water partition coefficient (Wildman–Crippen LogP) is 2.15. The number of rotatable bonds is 5. The average Bonchev–Trinajstić information content (AvgIpc) is 3.13. The monoisotopic (exact) mass is 351 g/mol. The van der Waals surface area contributed by atoms with Crippen molar-refractivity contribution >= 4 is 23.2 Å². The van der Waals surface area contributed by atoms with Crippen LogP contribution in [0, 0.1) is 0 Å². The Morgan fingerprint density at radius 1 is 1.33 bits per heavy atom. The smallest absolute Gasteiger partial charge is 0.237 e. The van der Waals surface area contributed by atoms with Gasteiger partial charge in [-0.1, -0.05) is 23.7 Å². The molecule has 2 heterocycles. The van der Waals surface area contributed by atoms with Crippen LogP contribution in [-0.4, -0.2) is 62.3 Å². The number of amides is 1. The standard InChI is InChI=1S/C18H26ClN3O2/c1-14(18(23)20-13-15-5-4-12-24-15)21-8-10-22(11-9-21)17-7-3-2-6-16(17)19/h2-3,6-7,14-15H,4-5,8-13H2,1H3,(H,20,23). The number of hydrogen-bond acceptors (Lipinski definition) is 4. The number of carbonyl (C=O) groups excluding carboxylic acids is 1. The third-order valence-corrected chi connectivity index (χ3v) is 5.28. The number of hydrogen-bond donors (Lipinski definition) is 1. The van der Waals surface area contributed by atoms with E-state index in [-0.39, 0.29) is 18.1 Å². The van der Waals surface area contributed by atoms with Gasteiger partial charge in [-0.05, 0) is 31.9 Å². The molecular formula is C18H26ClN3O2. The van der Waals surface area contributed by atoms with Crippen LogP contribution in [0.4, 0.5) is 5.69 Å². The lowest BCUT2D eigenvalue weighted by atomic mass is 10.2. The quantitative estimate of drug-likeness (QED) is 0.882. The summed E-state index contributed by atoms with van der Waals surface area (Å²) in [6.07, 6.45) is 2.34. The predicted molar refractivity (Wildman–Crippen MR) is 96.7 cm³/mol. The molecule has 24 heavy (non-hydrogen) atoms. The molecule has 2 fully saturated rings. The van der Waals surface area contributed by atoms with Crippen LogP contribution in [-0.2, 0) is 9.53 Å². The minimum atomic E-state index is -0.111. The fourth-order valence-corrected chi connectivity index (χ4v) is 3.65. The zero-order valence-corrected chi connectivity index (χ0v) is 15.0. The first-order valence-corrected chi connectivity index (χ1v) is 9.16. The third-order valence-electron chi connectivity index (χ3n) is 4.96. The van der Waals surface area contributed by atoms with Crippen LogP contribution in [0.3, 0.4) is 0 Å². The topological polar surface area (TPSA) is 44.8 Å². The molecule has 6 heteroatoms. The van der Waals surface area contributed by atoms with E-state index in [1.165, 1.54) is 0 Å². The lowest BCUT2D eigenvalue weighted by Gasteiger charge is -2.38. The number of piperazine rings is 1. The Morgan fingerprint density at radius 2 is 2.08 bits per heavy atom. The fourth-order valence-electron chi connectivity index (χ4n) is 3.39. The normalized spacial score (nSPS) is 23.2. The van der Waals surface area contributed by atoms with Crippen LogP contribution in [0.15, 0.2) is 24.3 Å². The summed E-state index contributed by atoms with van der Waals surface area (Å²) in [5.74, 6) is 0.0942. The molecule has 0 spiro atoms. The first-order valence-electron chi connectivity index (χ1n) is 8.78. The van der Waals surface area contributed by atoms with E-state index in [1.54, 1.807) is 0 Å². The van der Waals surface area contributed by atoms with Crippen molar-refractivity contribution in [3.05, 3.63) is 29.3 Å². The molecule has 0 saturated carbocycles. The highest BCUT2D eigenvalue weighted by atomic mass is 35.5. The van der Waals surface area contributed by atoms with Crippen LogP contribution < -0.4 is 10.2 Å². The summed E-state index contributed by atoms with van der Waals surface area (Å²) in [6, 6.07) is 7.82. The fraction of sp³-hybridized carbons (Fsp3) is 0.611. The van der Waals surface area contributed by atoms with Crippen molar-refractivity contribution in [2.24, 2.45) is 0 Å². The molecule has 1 N–H and O–H groups in total. The molecule has 132 valence electrons. The van der Waals surface area contributed by atoms with Gasteiger partial charge in [-0.2, -0.15) is 0 Å². The lowest BCUT2D eigenvalue weighted by Crippen LogP contribution is -2.54. The summed E-state index contributed by atoms with van der Waals surface area (Å²) < 4.78 is 5.56. The van der Waals surface area contributed by atoms with E-state index in [4.69, 9.17) is 16.3 Å². The van der Waals surface area contributed by atoms with Crippen LogP contribution in [0.5, 0.6) is 0 Å². The van der Waals surface area contributed by atoms with E-state index in [0.29, 0.717) is 6.54 Å². The molecule has 5 nitrogen and oxygen atoms in total. The van der Waals surface area contributed by atoms with Crippen molar-refractivity contribution in [1.82, 2.24) is 10.2 Å². The summed E-state index contributed by atoms with van der Waals surface area (Å²) in [7, 11) is 0. The summed E-state index contributed by atoms with van der Waals surface area (Å²) >= 11 is 6.28. The van der Waals surface area contributed by atoms with Crippen molar-refractivity contribution < 1.29 is 9.53 Å². The van der Waals surface area contributed by atoms with Crippen molar-refractivity contribution in [3.63, 3.8) is 0 Å². The number of ether oxygens (including phenoxy) is 1. The van der Waals surface area contributed by atoms with Crippen molar-refractivity contribution in [2.75, 3.05) is 44.2 Å². The SMILES string of the molecule is CC(C(=O)NCC1CCCO1)N1CCN(c2ccccc2Cl)CC1. The molecule has 1 aromatic carbocycles. The first-order chi connectivity index (χ1) is 11.6. The highest BCUT2D eigenvalue weighted by molar-refractivity contribution is 6.33. The Balaban J connectivity index is 1.46. The number of anilines is 1. The van der Waals surface area contributed by atoms with Gasteiger partial charge >= 0.3 is 0 Å². The molecule has 0 aliphatic carbocycles. The van der Waals surface area contributed by atoms with Gasteiger partial charge in [0.2, 0.25) is 5.91 Å². The Labute approximate surface area is 148 Å². The zero-order chi connectivity index (χ0) is 16.9. The highest BCUT2D eigenvalue weighted by Gasteiger charge is 2.27. The van der Waals surface area contributed by atoms with Gasteiger partial charge in [0.05, 0.1) is 22.9 Å². The number of benzene rings is 1.